The lowest BCUT2D eigenvalue weighted by atomic mass is 10.2. The van der Waals surface area contributed by atoms with Gasteiger partial charge >= 0.3 is 0 Å². The van der Waals surface area contributed by atoms with Gasteiger partial charge in [0.05, 0.1) is 12.3 Å². The van der Waals surface area contributed by atoms with Gasteiger partial charge in [0, 0.05) is 24.8 Å². The van der Waals surface area contributed by atoms with Crippen molar-refractivity contribution in [2.75, 3.05) is 7.05 Å². The van der Waals surface area contributed by atoms with Crippen LogP contribution in [0.2, 0.25) is 0 Å². The van der Waals surface area contributed by atoms with Crippen LogP contribution in [0, 0.1) is 0 Å². The molecule has 0 saturated heterocycles. The topological polar surface area (TPSA) is 33.5 Å². The van der Waals surface area contributed by atoms with Crippen molar-refractivity contribution in [1.82, 2.24) is 4.90 Å². The zero-order chi connectivity index (χ0) is 13.0. The molecule has 18 heavy (non-hydrogen) atoms. The molecule has 0 bridgehead atoms. The number of aryl methyl sites for hydroxylation is 1. The summed E-state index contributed by atoms with van der Waals surface area (Å²) < 4.78 is 5.23. The summed E-state index contributed by atoms with van der Waals surface area (Å²) in [6.45, 7) is 2.05. The Bertz CT molecular complexity index is 476. The predicted molar refractivity (Wildman–Crippen MR) is 72.5 cm³/mol. The van der Waals surface area contributed by atoms with E-state index in [1.807, 2.05) is 30.6 Å². The number of amides is 1. The quantitative estimate of drug-likeness (QED) is 0.827. The van der Waals surface area contributed by atoms with Crippen LogP contribution in [0.5, 0.6) is 0 Å². The monoisotopic (exact) mass is 263 g/mol. The van der Waals surface area contributed by atoms with Gasteiger partial charge in [-0.3, -0.25) is 4.79 Å². The summed E-state index contributed by atoms with van der Waals surface area (Å²) in [6.07, 6.45) is 2.78. The van der Waals surface area contributed by atoms with Gasteiger partial charge < -0.3 is 9.32 Å². The average Bonchev–Trinajstić information content (AvgIpc) is 3.06. The first kappa shape index (κ1) is 12.9. The molecule has 2 heterocycles. The van der Waals surface area contributed by atoms with Crippen LogP contribution in [0.3, 0.4) is 0 Å². The molecule has 96 valence electrons. The highest BCUT2D eigenvalue weighted by Gasteiger charge is 2.18. The lowest BCUT2D eigenvalue weighted by molar-refractivity contribution is -0.131. The van der Waals surface area contributed by atoms with E-state index >= 15 is 0 Å². The van der Waals surface area contributed by atoms with Gasteiger partial charge in [-0.25, -0.2) is 0 Å². The maximum absolute atomic E-state index is 12.1. The van der Waals surface area contributed by atoms with Crippen molar-refractivity contribution in [1.29, 1.82) is 0 Å². The van der Waals surface area contributed by atoms with Crippen molar-refractivity contribution in [2.24, 2.45) is 0 Å². The molecule has 2 aromatic rings. The minimum atomic E-state index is 0.133. The van der Waals surface area contributed by atoms with Crippen molar-refractivity contribution in [3.05, 3.63) is 46.5 Å². The Kier molecular flexibility index (Phi) is 4.20. The highest BCUT2D eigenvalue weighted by atomic mass is 32.1. The van der Waals surface area contributed by atoms with Gasteiger partial charge in [0.2, 0.25) is 5.91 Å². The first-order valence-electron chi connectivity index (χ1n) is 6.00. The molecule has 0 aliphatic carbocycles. The number of nitrogens with zero attached hydrogens (tertiary/aromatic N) is 1. The van der Waals surface area contributed by atoms with Gasteiger partial charge in [0.25, 0.3) is 0 Å². The highest BCUT2D eigenvalue weighted by Crippen LogP contribution is 2.24. The fourth-order valence-corrected chi connectivity index (χ4v) is 2.62. The van der Waals surface area contributed by atoms with Gasteiger partial charge in [0.15, 0.2) is 0 Å². The van der Waals surface area contributed by atoms with Crippen LogP contribution in [-0.2, 0) is 11.2 Å². The van der Waals surface area contributed by atoms with Crippen LogP contribution in [0.15, 0.2) is 40.3 Å². The Hall–Kier alpha value is -1.55. The molecule has 1 atom stereocenters. The molecule has 0 unspecified atom stereocenters. The standard InChI is InChI=1S/C14H17NO2S/c1-11(13-6-4-10-18-13)15(2)14(16)8-7-12-5-3-9-17-12/h3-6,9-11H,7-8H2,1-2H3/t11-/m0/s1. The number of rotatable bonds is 5. The summed E-state index contributed by atoms with van der Waals surface area (Å²) in [6, 6.07) is 7.95. The van der Waals surface area contributed by atoms with Crippen molar-refractivity contribution < 1.29 is 9.21 Å². The molecule has 2 rings (SSSR count). The van der Waals surface area contributed by atoms with Gasteiger partial charge in [-0.15, -0.1) is 11.3 Å². The van der Waals surface area contributed by atoms with E-state index < -0.39 is 0 Å². The second-order valence-electron chi connectivity index (χ2n) is 4.28. The summed E-state index contributed by atoms with van der Waals surface area (Å²) in [7, 11) is 1.86. The Morgan fingerprint density at radius 3 is 2.89 bits per heavy atom. The Morgan fingerprint density at radius 2 is 2.28 bits per heavy atom. The van der Waals surface area contributed by atoms with Gasteiger partial charge in [-0.05, 0) is 30.5 Å². The predicted octanol–water partition coefficient (Wildman–Crippen LogP) is 3.49. The van der Waals surface area contributed by atoms with E-state index in [0.29, 0.717) is 12.8 Å². The molecule has 4 heteroatoms. The molecule has 1 amide bonds. The fraction of sp³-hybridized carbons (Fsp3) is 0.357. The molecule has 0 radical (unpaired) electrons. The SMILES string of the molecule is C[C@@H](c1cccs1)N(C)C(=O)CCc1ccco1. The third-order valence-electron chi connectivity index (χ3n) is 3.09. The molecular weight excluding hydrogens is 246 g/mol. The summed E-state index contributed by atoms with van der Waals surface area (Å²) in [5, 5.41) is 2.03. The summed E-state index contributed by atoms with van der Waals surface area (Å²) in [5.41, 5.74) is 0. The van der Waals surface area contributed by atoms with Crippen LogP contribution in [0.4, 0.5) is 0 Å². The van der Waals surface area contributed by atoms with Gasteiger partial charge in [-0.1, -0.05) is 6.07 Å². The zero-order valence-corrected chi connectivity index (χ0v) is 11.4. The van der Waals surface area contributed by atoms with Crippen molar-refractivity contribution in [2.45, 2.75) is 25.8 Å². The molecule has 0 fully saturated rings. The van der Waals surface area contributed by atoms with E-state index in [1.165, 1.54) is 4.88 Å². The number of hydrogen-bond acceptors (Lipinski definition) is 3. The van der Waals surface area contributed by atoms with Gasteiger partial charge in [0.1, 0.15) is 5.76 Å². The van der Waals surface area contributed by atoms with E-state index in [2.05, 4.69) is 13.0 Å². The van der Waals surface area contributed by atoms with Crippen LogP contribution in [0.1, 0.15) is 30.0 Å². The molecule has 0 aliphatic rings. The molecule has 0 spiro atoms. The Balaban J connectivity index is 1.88. The Labute approximate surface area is 111 Å². The first-order chi connectivity index (χ1) is 8.68. The van der Waals surface area contributed by atoms with E-state index in [-0.39, 0.29) is 11.9 Å². The molecule has 0 N–H and O–H groups in total. The third kappa shape index (κ3) is 3.01. The molecule has 0 aliphatic heterocycles. The zero-order valence-electron chi connectivity index (χ0n) is 10.6. The van der Waals surface area contributed by atoms with Crippen molar-refractivity contribution in [3.8, 4) is 0 Å². The van der Waals surface area contributed by atoms with Crippen LogP contribution >= 0.6 is 11.3 Å². The average molecular weight is 263 g/mol. The smallest absolute Gasteiger partial charge is 0.223 e. The highest BCUT2D eigenvalue weighted by molar-refractivity contribution is 7.10. The first-order valence-corrected chi connectivity index (χ1v) is 6.88. The molecule has 0 aromatic carbocycles. The summed E-state index contributed by atoms with van der Waals surface area (Å²) in [4.78, 5) is 15.1. The molecule has 2 aromatic heterocycles. The van der Waals surface area contributed by atoms with Crippen LogP contribution in [0.25, 0.3) is 0 Å². The van der Waals surface area contributed by atoms with Crippen molar-refractivity contribution in [3.63, 3.8) is 0 Å². The maximum atomic E-state index is 12.1. The summed E-state index contributed by atoms with van der Waals surface area (Å²) >= 11 is 1.68. The van der Waals surface area contributed by atoms with E-state index in [0.717, 1.165) is 5.76 Å². The number of thiophene rings is 1. The lowest BCUT2D eigenvalue weighted by Gasteiger charge is -2.24. The number of furan rings is 1. The second kappa shape index (κ2) is 5.87. The number of carbonyl (C=O) groups excluding carboxylic acids is 1. The maximum Gasteiger partial charge on any atom is 0.223 e. The minimum Gasteiger partial charge on any atom is -0.469 e. The van der Waals surface area contributed by atoms with E-state index in [1.54, 1.807) is 22.5 Å². The van der Waals surface area contributed by atoms with Crippen molar-refractivity contribution >= 4 is 17.2 Å². The van der Waals surface area contributed by atoms with Crippen LogP contribution < -0.4 is 0 Å². The van der Waals surface area contributed by atoms with Crippen LogP contribution in [-0.4, -0.2) is 17.9 Å². The largest absolute Gasteiger partial charge is 0.469 e. The minimum absolute atomic E-state index is 0.133. The summed E-state index contributed by atoms with van der Waals surface area (Å²) in [5.74, 6) is 1.01. The van der Waals surface area contributed by atoms with E-state index in [9.17, 15) is 4.79 Å². The fourth-order valence-electron chi connectivity index (χ4n) is 1.80. The lowest BCUT2D eigenvalue weighted by Crippen LogP contribution is -2.29. The molecule has 0 saturated carbocycles. The number of carbonyl (C=O) groups is 1. The normalized spacial score (nSPS) is 12.3. The number of hydrogen-bond donors (Lipinski definition) is 0. The Morgan fingerprint density at radius 1 is 1.44 bits per heavy atom. The molecule has 3 nitrogen and oxygen atoms in total. The third-order valence-corrected chi connectivity index (χ3v) is 4.14. The van der Waals surface area contributed by atoms with Gasteiger partial charge in [-0.2, -0.15) is 0 Å². The van der Waals surface area contributed by atoms with E-state index in [4.69, 9.17) is 4.42 Å². The second-order valence-corrected chi connectivity index (χ2v) is 5.25. The molecular formula is C14H17NO2S.